The molecule has 0 unspecified atom stereocenters. The monoisotopic (exact) mass is 494 g/mol. The van der Waals surface area contributed by atoms with Gasteiger partial charge in [0.2, 0.25) is 10.0 Å². The highest BCUT2D eigenvalue weighted by molar-refractivity contribution is 7.89. The van der Waals surface area contributed by atoms with Crippen LogP contribution in [-0.2, 0) is 10.0 Å². The van der Waals surface area contributed by atoms with Crippen molar-refractivity contribution < 1.29 is 17.9 Å². The molecule has 0 radical (unpaired) electrons. The number of aryl methyl sites for hydroxylation is 1. The summed E-state index contributed by atoms with van der Waals surface area (Å²) in [6.45, 7) is 3.60. The maximum absolute atomic E-state index is 13.7. The van der Waals surface area contributed by atoms with Gasteiger partial charge in [-0.2, -0.15) is 4.31 Å². The minimum absolute atomic E-state index is 0.00809. The van der Waals surface area contributed by atoms with Gasteiger partial charge in [-0.1, -0.05) is 54.6 Å². The first-order valence-electron chi connectivity index (χ1n) is 12.2. The van der Waals surface area contributed by atoms with Crippen molar-refractivity contribution in [3.05, 3.63) is 89.7 Å². The molecule has 3 aromatic carbocycles. The fraction of sp³-hybridized carbons (Fsp3) is 0.357. The number of hydrogen-bond donors (Lipinski definition) is 1. The smallest absolute Gasteiger partial charge is 0.243 e. The second kappa shape index (κ2) is 9.82. The minimum Gasteiger partial charge on any atom is -0.395 e. The van der Waals surface area contributed by atoms with Crippen LogP contribution in [-0.4, -0.2) is 61.1 Å². The van der Waals surface area contributed by atoms with Crippen LogP contribution in [0.4, 0.5) is 4.39 Å². The maximum atomic E-state index is 13.7. The van der Waals surface area contributed by atoms with Gasteiger partial charge >= 0.3 is 0 Å². The van der Waals surface area contributed by atoms with Crippen molar-refractivity contribution in [2.45, 2.75) is 42.7 Å². The Morgan fingerprint density at radius 1 is 0.943 bits per heavy atom. The van der Waals surface area contributed by atoms with Gasteiger partial charge in [-0.3, -0.25) is 4.90 Å². The van der Waals surface area contributed by atoms with Crippen LogP contribution in [0.3, 0.4) is 0 Å². The van der Waals surface area contributed by atoms with E-state index in [4.69, 9.17) is 0 Å². The molecule has 0 spiro atoms. The largest absolute Gasteiger partial charge is 0.395 e. The van der Waals surface area contributed by atoms with E-state index in [1.54, 1.807) is 22.5 Å². The summed E-state index contributed by atoms with van der Waals surface area (Å²) < 4.78 is 42.5. The van der Waals surface area contributed by atoms with Gasteiger partial charge < -0.3 is 5.11 Å². The molecule has 5 nitrogen and oxygen atoms in total. The molecule has 1 N–H and O–H groups in total. The summed E-state index contributed by atoms with van der Waals surface area (Å²) in [5.74, 6) is -0.250. The Morgan fingerprint density at radius 2 is 1.69 bits per heavy atom. The molecule has 0 aromatic heterocycles. The average Bonchev–Trinajstić information content (AvgIpc) is 2.83. The Morgan fingerprint density at radius 3 is 2.40 bits per heavy atom. The highest BCUT2D eigenvalue weighted by Gasteiger charge is 2.50. The van der Waals surface area contributed by atoms with Crippen molar-refractivity contribution in [2.24, 2.45) is 0 Å². The summed E-state index contributed by atoms with van der Waals surface area (Å²) >= 11 is 0. The van der Waals surface area contributed by atoms with Crippen LogP contribution >= 0.6 is 0 Å². The normalized spacial score (nSPS) is 23.7. The van der Waals surface area contributed by atoms with Crippen LogP contribution in [0.25, 0.3) is 11.1 Å². The second-order valence-electron chi connectivity index (χ2n) is 9.55. The first-order valence-corrected chi connectivity index (χ1v) is 13.6. The van der Waals surface area contributed by atoms with Gasteiger partial charge in [0.05, 0.1) is 11.5 Å². The van der Waals surface area contributed by atoms with Gasteiger partial charge in [-0.25, -0.2) is 12.8 Å². The molecule has 3 atom stereocenters. The summed E-state index contributed by atoms with van der Waals surface area (Å²) in [5.41, 5.74) is 3.55. The van der Waals surface area contributed by atoms with Crippen molar-refractivity contribution >= 4 is 10.0 Å². The summed E-state index contributed by atoms with van der Waals surface area (Å²) in [6.07, 6.45) is 1.68. The number of fused-ring (bicyclic) bond motifs is 1. The van der Waals surface area contributed by atoms with Crippen LogP contribution in [0, 0.1) is 12.7 Å². The van der Waals surface area contributed by atoms with Crippen molar-refractivity contribution in [3.63, 3.8) is 0 Å². The predicted molar refractivity (Wildman–Crippen MR) is 135 cm³/mol. The van der Waals surface area contributed by atoms with Crippen LogP contribution in [0.2, 0.25) is 0 Å². The quantitative estimate of drug-likeness (QED) is 0.571. The fourth-order valence-electron chi connectivity index (χ4n) is 5.68. The molecule has 0 amide bonds. The van der Waals surface area contributed by atoms with E-state index in [0.717, 1.165) is 41.6 Å². The van der Waals surface area contributed by atoms with E-state index < -0.39 is 10.0 Å². The van der Waals surface area contributed by atoms with Gasteiger partial charge in [0, 0.05) is 31.1 Å². The Balaban J connectivity index is 1.43. The molecule has 0 aliphatic carbocycles. The lowest BCUT2D eigenvalue weighted by Gasteiger charge is -2.57. The number of hydrogen-bond acceptors (Lipinski definition) is 4. The van der Waals surface area contributed by atoms with Gasteiger partial charge in [0.25, 0.3) is 0 Å². The molecule has 3 aromatic rings. The molecule has 2 heterocycles. The summed E-state index contributed by atoms with van der Waals surface area (Å²) in [7, 11) is -3.62. The zero-order valence-electron chi connectivity index (χ0n) is 19.8. The number of aliphatic hydroxyl groups excluding tert-OH is 1. The molecule has 2 aliphatic heterocycles. The van der Waals surface area contributed by atoms with Gasteiger partial charge in [0.1, 0.15) is 5.82 Å². The number of halogens is 1. The topological polar surface area (TPSA) is 60.9 Å². The van der Waals surface area contributed by atoms with Crippen LogP contribution < -0.4 is 0 Å². The molecule has 0 bridgehead atoms. The Hall–Kier alpha value is -2.58. The number of aliphatic hydroxyl groups is 1. The van der Waals surface area contributed by atoms with Crippen LogP contribution in [0.5, 0.6) is 0 Å². The highest BCUT2D eigenvalue weighted by Crippen LogP contribution is 2.43. The number of benzene rings is 3. The molecule has 7 heteroatoms. The van der Waals surface area contributed by atoms with E-state index in [2.05, 4.69) is 4.90 Å². The van der Waals surface area contributed by atoms with E-state index in [1.807, 2.05) is 49.4 Å². The van der Waals surface area contributed by atoms with Gasteiger partial charge in [-0.15, -0.1) is 0 Å². The van der Waals surface area contributed by atoms with E-state index in [9.17, 15) is 17.9 Å². The third kappa shape index (κ3) is 4.54. The molecule has 2 aliphatic rings. The zero-order valence-corrected chi connectivity index (χ0v) is 20.7. The molecular formula is C28H31FN2O3S. The third-order valence-corrected chi connectivity index (χ3v) is 9.52. The molecule has 184 valence electrons. The lowest BCUT2D eigenvalue weighted by molar-refractivity contribution is -0.0553. The Labute approximate surface area is 206 Å². The van der Waals surface area contributed by atoms with Crippen molar-refractivity contribution in [3.8, 4) is 11.1 Å². The molecule has 2 fully saturated rings. The first kappa shape index (κ1) is 24.1. The van der Waals surface area contributed by atoms with Crippen molar-refractivity contribution in [2.75, 3.05) is 26.2 Å². The van der Waals surface area contributed by atoms with E-state index in [0.29, 0.717) is 18.0 Å². The standard InChI is InChI=1S/C28H31FN2O3S/c1-20-7-2-3-10-27(20)35(33,34)30-15-4-5-16-31-25(18-30)28(26(31)19-32)22-13-11-21(12-14-22)23-8-6-9-24(29)17-23/h2-3,6-14,17,25-26,28,32H,4-5,15-16,18-19H2,1H3/t25-,26-,28-/m1/s1. The second-order valence-corrected chi connectivity index (χ2v) is 11.5. The molecule has 5 rings (SSSR count). The zero-order chi connectivity index (χ0) is 24.6. The Bertz CT molecular complexity index is 1300. The third-order valence-electron chi connectivity index (χ3n) is 7.50. The maximum Gasteiger partial charge on any atom is 0.243 e. The van der Waals surface area contributed by atoms with Crippen molar-refractivity contribution in [1.82, 2.24) is 9.21 Å². The number of nitrogens with zero attached hydrogens (tertiary/aromatic N) is 2. The predicted octanol–water partition coefficient (Wildman–Crippen LogP) is 4.41. The van der Waals surface area contributed by atoms with Gasteiger partial charge in [0.15, 0.2) is 0 Å². The fourth-order valence-corrected chi connectivity index (χ4v) is 7.40. The SMILES string of the molecule is Cc1ccccc1S(=O)(=O)N1CCCCN2[C@H](CO)[C@H](c3ccc(-c4cccc(F)c4)cc3)[C@H]2C1. The molecule has 35 heavy (non-hydrogen) atoms. The molecular weight excluding hydrogens is 463 g/mol. The summed E-state index contributed by atoms with van der Waals surface area (Å²) in [4.78, 5) is 2.63. The Kier molecular flexibility index (Phi) is 6.77. The number of rotatable bonds is 5. The minimum atomic E-state index is -3.62. The first-order chi connectivity index (χ1) is 16.9. The van der Waals surface area contributed by atoms with E-state index in [-0.39, 0.29) is 30.4 Å². The summed E-state index contributed by atoms with van der Waals surface area (Å²) in [6, 6.07) is 21.6. The van der Waals surface area contributed by atoms with Gasteiger partial charge in [-0.05, 0) is 66.8 Å². The van der Waals surface area contributed by atoms with Crippen LogP contribution in [0.15, 0.2) is 77.7 Å². The number of sulfonamides is 1. The molecule has 2 saturated heterocycles. The van der Waals surface area contributed by atoms with E-state index in [1.165, 1.54) is 12.1 Å². The summed E-state index contributed by atoms with van der Waals surface area (Å²) in [5, 5.41) is 10.2. The average molecular weight is 495 g/mol. The van der Waals surface area contributed by atoms with Crippen molar-refractivity contribution in [1.29, 1.82) is 0 Å². The highest BCUT2D eigenvalue weighted by atomic mass is 32.2. The lowest BCUT2D eigenvalue weighted by Crippen LogP contribution is -2.67. The van der Waals surface area contributed by atoms with E-state index >= 15 is 0 Å². The molecule has 0 saturated carbocycles. The van der Waals surface area contributed by atoms with Crippen LogP contribution in [0.1, 0.15) is 29.9 Å². The lowest BCUT2D eigenvalue weighted by atomic mass is 9.74.